The molecule has 0 N–H and O–H groups in total. The lowest BCUT2D eigenvalue weighted by molar-refractivity contribution is 0.657. The molecule has 0 radical (unpaired) electrons. The van der Waals surface area contributed by atoms with Crippen molar-refractivity contribution in [3.8, 4) is 0 Å². The van der Waals surface area contributed by atoms with Gasteiger partial charge in [-0.2, -0.15) is 0 Å². The van der Waals surface area contributed by atoms with Crippen molar-refractivity contribution in [1.29, 1.82) is 0 Å². The topological polar surface area (TPSA) is 0 Å². The molecule has 0 saturated heterocycles. The molecule has 0 aromatic heterocycles. The van der Waals surface area contributed by atoms with Crippen LogP contribution in [0.2, 0.25) is 0 Å². The summed E-state index contributed by atoms with van der Waals surface area (Å²) in [6.07, 6.45) is 3.40. The van der Waals surface area contributed by atoms with Gasteiger partial charge in [-0.1, -0.05) is 103 Å². The van der Waals surface area contributed by atoms with Crippen molar-refractivity contribution in [2.75, 3.05) is 5.33 Å². The number of rotatable bonds is 8. The van der Waals surface area contributed by atoms with Crippen molar-refractivity contribution in [1.82, 2.24) is 0 Å². The van der Waals surface area contributed by atoms with Gasteiger partial charge < -0.3 is 0 Å². The Balaban J connectivity index is 4.01. The smallest absolute Gasteiger partial charge is 0.0397 e. The Morgan fingerprint density at radius 1 is 0.875 bits per heavy atom. The lowest BCUT2D eigenvalue weighted by Crippen LogP contribution is -2.28. The van der Waals surface area contributed by atoms with E-state index in [-0.39, 0.29) is 0 Å². The van der Waals surface area contributed by atoms with Gasteiger partial charge in [0.15, 0.2) is 0 Å². The SMILES string of the molecule is CC(Br)CC(Br)C(Br)C(Br)CC(Br)CCBr. The second kappa shape index (κ2) is 10.6. The second-order valence-electron chi connectivity index (χ2n) is 3.80. The van der Waals surface area contributed by atoms with Gasteiger partial charge in [0.2, 0.25) is 0 Å². The van der Waals surface area contributed by atoms with Gasteiger partial charge in [0.05, 0.1) is 0 Å². The third kappa shape index (κ3) is 8.89. The molecule has 0 bridgehead atoms. The summed E-state index contributed by atoms with van der Waals surface area (Å²) < 4.78 is 0. The van der Waals surface area contributed by atoms with Crippen LogP contribution in [0.5, 0.6) is 0 Å². The first-order chi connectivity index (χ1) is 7.38. The molecule has 0 amide bonds. The Kier molecular flexibility index (Phi) is 12.6. The van der Waals surface area contributed by atoms with Crippen molar-refractivity contribution in [2.45, 2.75) is 50.3 Å². The molecular weight excluding hydrogens is 600 g/mol. The highest BCUT2D eigenvalue weighted by Gasteiger charge is 2.26. The van der Waals surface area contributed by atoms with Gasteiger partial charge >= 0.3 is 0 Å². The van der Waals surface area contributed by atoms with Crippen molar-refractivity contribution >= 4 is 95.6 Å². The lowest BCUT2D eigenvalue weighted by Gasteiger charge is -2.24. The van der Waals surface area contributed by atoms with E-state index in [2.05, 4.69) is 103 Å². The van der Waals surface area contributed by atoms with E-state index in [9.17, 15) is 0 Å². The Bertz CT molecular complexity index is 175. The van der Waals surface area contributed by atoms with Crippen LogP contribution in [0.3, 0.4) is 0 Å². The molecule has 0 rings (SSSR count). The van der Waals surface area contributed by atoms with Crippen LogP contribution in [0.1, 0.15) is 26.2 Å². The van der Waals surface area contributed by atoms with Crippen LogP contribution in [-0.2, 0) is 0 Å². The fourth-order valence-corrected chi connectivity index (χ4v) is 7.07. The van der Waals surface area contributed by atoms with Crippen LogP contribution in [-0.4, -0.2) is 29.5 Å². The maximum atomic E-state index is 3.77. The molecule has 0 aromatic carbocycles. The summed E-state index contributed by atoms with van der Waals surface area (Å²) in [6.45, 7) is 2.18. The third-order valence-corrected chi connectivity index (χ3v) is 8.39. The minimum absolute atomic E-state index is 0.447. The van der Waals surface area contributed by atoms with Crippen LogP contribution in [0, 0.1) is 0 Å². The summed E-state index contributed by atoms with van der Waals surface area (Å²) in [6, 6.07) is 0. The van der Waals surface area contributed by atoms with Gasteiger partial charge in [-0.15, -0.1) is 0 Å². The Labute approximate surface area is 149 Å². The van der Waals surface area contributed by atoms with E-state index in [4.69, 9.17) is 0 Å². The van der Waals surface area contributed by atoms with E-state index in [1.807, 2.05) is 0 Å². The zero-order valence-electron chi connectivity index (χ0n) is 8.98. The Morgan fingerprint density at radius 3 is 1.81 bits per heavy atom. The van der Waals surface area contributed by atoms with Gasteiger partial charge in [0, 0.05) is 29.5 Å². The van der Waals surface area contributed by atoms with Gasteiger partial charge in [-0.25, -0.2) is 0 Å². The van der Waals surface area contributed by atoms with E-state index in [1.165, 1.54) is 0 Å². The van der Waals surface area contributed by atoms with E-state index < -0.39 is 0 Å². The lowest BCUT2D eigenvalue weighted by atomic mass is 10.1. The number of hydrogen-bond acceptors (Lipinski definition) is 0. The van der Waals surface area contributed by atoms with Gasteiger partial charge in [-0.3, -0.25) is 0 Å². The maximum absolute atomic E-state index is 3.77. The number of alkyl halides is 6. The molecule has 0 fully saturated rings. The summed E-state index contributed by atoms with van der Waals surface area (Å²) >= 11 is 22.0. The molecule has 0 nitrogen and oxygen atoms in total. The molecule has 0 aromatic rings. The normalized spacial score (nSPS) is 21.2. The van der Waals surface area contributed by atoms with Crippen LogP contribution in [0.25, 0.3) is 0 Å². The van der Waals surface area contributed by atoms with Crippen molar-refractivity contribution in [2.24, 2.45) is 0 Å². The molecule has 0 aliphatic carbocycles. The van der Waals surface area contributed by atoms with Gasteiger partial charge in [0.1, 0.15) is 0 Å². The molecule has 0 saturated carbocycles. The molecule has 0 aliphatic heterocycles. The average molecular weight is 616 g/mol. The highest BCUT2D eigenvalue weighted by Crippen LogP contribution is 2.31. The fourth-order valence-electron chi connectivity index (χ4n) is 1.28. The Hall–Kier alpha value is 2.88. The monoisotopic (exact) mass is 610 g/mol. The van der Waals surface area contributed by atoms with Gasteiger partial charge in [0.25, 0.3) is 0 Å². The first kappa shape index (κ1) is 18.9. The largest absolute Gasteiger partial charge is 0.0928 e. The Morgan fingerprint density at radius 2 is 1.38 bits per heavy atom. The molecule has 5 unspecified atom stereocenters. The van der Waals surface area contributed by atoms with Crippen LogP contribution in [0.4, 0.5) is 0 Å². The standard InChI is InChI=1S/C10H16Br6/c1-6(12)4-8(14)10(16)9(15)5-7(13)2-3-11/h6-10H,2-5H2,1H3. The van der Waals surface area contributed by atoms with Crippen LogP contribution >= 0.6 is 95.6 Å². The quantitative estimate of drug-likeness (QED) is 0.278. The zero-order chi connectivity index (χ0) is 12.7. The highest BCUT2D eigenvalue weighted by atomic mass is 79.9. The molecule has 0 aliphatic rings. The molecule has 0 spiro atoms. The predicted molar refractivity (Wildman–Crippen MR) is 96.9 cm³/mol. The first-order valence-electron chi connectivity index (χ1n) is 5.14. The molecular formula is C10H16Br6. The third-order valence-electron chi connectivity index (χ3n) is 2.14. The van der Waals surface area contributed by atoms with Crippen LogP contribution in [0.15, 0.2) is 0 Å². The molecule has 0 heterocycles. The first-order valence-corrected chi connectivity index (χ1v) is 10.8. The van der Waals surface area contributed by atoms with E-state index in [1.54, 1.807) is 0 Å². The van der Waals surface area contributed by atoms with E-state index in [0.29, 0.717) is 24.1 Å². The summed E-state index contributed by atoms with van der Waals surface area (Å²) in [4.78, 5) is 2.51. The van der Waals surface area contributed by atoms with Crippen molar-refractivity contribution < 1.29 is 0 Å². The number of hydrogen-bond donors (Lipinski definition) is 0. The zero-order valence-corrected chi connectivity index (χ0v) is 18.5. The predicted octanol–water partition coefficient (Wildman–Crippen LogP) is 6.39. The summed E-state index contributed by atoms with van der Waals surface area (Å²) in [5.41, 5.74) is 0. The highest BCUT2D eigenvalue weighted by molar-refractivity contribution is 9.14. The maximum Gasteiger partial charge on any atom is 0.0397 e. The molecule has 5 atom stereocenters. The summed E-state index contributed by atoms with van der Waals surface area (Å²) in [7, 11) is 0. The number of halogens is 6. The van der Waals surface area contributed by atoms with Gasteiger partial charge in [-0.05, 0) is 19.3 Å². The molecule has 16 heavy (non-hydrogen) atoms. The minimum atomic E-state index is 0.447. The van der Waals surface area contributed by atoms with Crippen LogP contribution < -0.4 is 0 Å². The van der Waals surface area contributed by atoms with Crippen molar-refractivity contribution in [3.05, 3.63) is 0 Å². The summed E-state index contributed by atoms with van der Waals surface area (Å²) in [5.74, 6) is 0. The fraction of sp³-hybridized carbons (Fsp3) is 1.00. The molecule has 6 heteroatoms. The minimum Gasteiger partial charge on any atom is -0.0928 e. The molecule has 98 valence electrons. The second-order valence-corrected chi connectivity index (χ2v) is 10.9. The average Bonchev–Trinajstić information content (AvgIpc) is 2.15. The van der Waals surface area contributed by atoms with E-state index in [0.717, 1.165) is 24.6 Å². The van der Waals surface area contributed by atoms with E-state index >= 15 is 0 Å². The van der Waals surface area contributed by atoms with Crippen molar-refractivity contribution in [3.63, 3.8) is 0 Å². The summed E-state index contributed by atoms with van der Waals surface area (Å²) in [5, 5.41) is 1.05.